The Hall–Kier alpha value is -2.71. The lowest BCUT2D eigenvalue weighted by molar-refractivity contribution is -0.139. The van der Waals surface area contributed by atoms with Gasteiger partial charge in [-0.1, -0.05) is 6.07 Å². The molecule has 1 heterocycles. The Kier molecular flexibility index (Phi) is 4.46. The highest BCUT2D eigenvalue weighted by Gasteiger charge is 2.34. The standard InChI is InChI=1S/C15H11F5N2O2/c1-6-11(21)10(17)13(22-12(6)14(23)24-2)7-3-4-8(9(16)5-7)15(18,19)20/h3-5H,1-2H3,(H2,21,22). The van der Waals surface area contributed by atoms with Gasteiger partial charge in [0.1, 0.15) is 11.5 Å². The summed E-state index contributed by atoms with van der Waals surface area (Å²) in [6, 6.07) is 1.77. The summed E-state index contributed by atoms with van der Waals surface area (Å²) in [6.45, 7) is 1.33. The van der Waals surface area contributed by atoms with Crippen LogP contribution < -0.4 is 5.73 Å². The van der Waals surface area contributed by atoms with E-state index in [9.17, 15) is 26.7 Å². The Bertz CT molecular complexity index is 818. The van der Waals surface area contributed by atoms with Crippen molar-refractivity contribution >= 4 is 11.7 Å². The van der Waals surface area contributed by atoms with Gasteiger partial charge in [0.25, 0.3) is 0 Å². The van der Waals surface area contributed by atoms with E-state index in [-0.39, 0.29) is 16.8 Å². The molecule has 1 aromatic carbocycles. The van der Waals surface area contributed by atoms with Crippen molar-refractivity contribution in [1.82, 2.24) is 4.98 Å². The Morgan fingerprint density at radius 2 is 1.88 bits per heavy atom. The maximum absolute atomic E-state index is 14.3. The number of esters is 1. The van der Waals surface area contributed by atoms with Crippen molar-refractivity contribution in [2.75, 3.05) is 12.8 Å². The van der Waals surface area contributed by atoms with E-state index in [1.165, 1.54) is 6.92 Å². The van der Waals surface area contributed by atoms with E-state index < -0.39 is 40.7 Å². The fourth-order valence-corrected chi connectivity index (χ4v) is 2.04. The van der Waals surface area contributed by atoms with Gasteiger partial charge in [-0.05, 0) is 19.1 Å². The monoisotopic (exact) mass is 346 g/mol. The summed E-state index contributed by atoms with van der Waals surface area (Å²) in [5.74, 6) is -3.58. The summed E-state index contributed by atoms with van der Waals surface area (Å²) in [5, 5.41) is 0. The van der Waals surface area contributed by atoms with E-state index >= 15 is 0 Å². The van der Waals surface area contributed by atoms with Gasteiger partial charge in [0.05, 0.1) is 18.4 Å². The molecule has 0 saturated heterocycles. The molecule has 0 bridgehead atoms. The van der Waals surface area contributed by atoms with Crippen molar-refractivity contribution in [1.29, 1.82) is 0 Å². The summed E-state index contributed by atoms with van der Waals surface area (Å²) in [5.41, 5.74) is 2.47. The Balaban J connectivity index is 2.67. The van der Waals surface area contributed by atoms with E-state index in [0.717, 1.165) is 13.2 Å². The first-order valence-corrected chi connectivity index (χ1v) is 6.49. The molecule has 2 rings (SSSR count). The molecular weight excluding hydrogens is 335 g/mol. The van der Waals surface area contributed by atoms with Crippen molar-refractivity contribution in [3.8, 4) is 11.3 Å². The largest absolute Gasteiger partial charge is 0.464 e. The number of benzene rings is 1. The number of carbonyl (C=O) groups excluding carboxylic acids is 1. The second kappa shape index (κ2) is 6.06. The first-order chi connectivity index (χ1) is 11.1. The third kappa shape index (κ3) is 3.01. The SMILES string of the molecule is COC(=O)c1nc(-c2ccc(C(F)(F)F)c(F)c2)c(F)c(N)c1C. The predicted molar refractivity (Wildman–Crippen MR) is 75.1 cm³/mol. The number of methoxy groups -OCH3 is 1. The number of hydrogen-bond acceptors (Lipinski definition) is 4. The molecule has 9 heteroatoms. The van der Waals surface area contributed by atoms with Crippen LogP contribution in [0.1, 0.15) is 21.6 Å². The van der Waals surface area contributed by atoms with Crippen LogP contribution in [-0.4, -0.2) is 18.1 Å². The number of nitrogen functional groups attached to an aromatic ring is 1. The van der Waals surface area contributed by atoms with Crippen LogP contribution in [0.2, 0.25) is 0 Å². The Morgan fingerprint density at radius 3 is 2.38 bits per heavy atom. The van der Waals surface area contributed by atoms with Crippen LogP contribution in [0.4, 0.5) is 27.6 Å². The molecule has 0 aliphatic heterocycles. The van der Waals surface area contributed by atoms with Crippen molar-refractivity contribution < 1.29 is 31.5 Å². The quantitative estimate of drug-likeness (QED) is 0.665. The van der Waals surface area contributed by atoms with E-state index in [1.54, 1.807) is 0 Å². The van der Waals surface area contributed by atoms with Crippen molar-refractivity contribution in [2.45, 2.75) is 13.1 Å². The topological polar surface area (TPSA) is 65.2 Å². The smallest absolute Gasteiger partial charge is 0.419 e. The molecule has 2 aromatic rings. The minimum absolute atomic E-state index is 0.00971. The van der Waals surface area contributed by atoms with Gasteiger partial charge in [-0.25, -0.2) is 18.6 Å². The number of pyridine rings is 1. The summed E-state index contributed by atoms with van der Waals surface area (Å²) >= 11 is 0. The second-order valence-electron chi connectivity index (χ2n) is 4.85. The lowest BCUT2D eigenvalue weighted by Crippen LogP contribution is -2.12. The fourth-order valence-electron chi connectivity index (χ4n) is 2.04. The van der Waals surface area contributed by atoms with Crippen LogP contribution in [0, 0.1) is 18.6 Å². The van der Waals surface area contributed by atoms with Gasteiger partial charge in [0, 0.05) is 11.1 Å². The van der Waals surface area contributed by atoms with Crippen LogP contribution in [0.5, 0.6) is 0 Å². The van der Waals surface area contributed by atoms with Crippen molar-refractivity contribution in [2.24, 2.45) is 0 Å². The highest BCUT2D eigenvalue weighted by atomic mass is 19.4. The lowest BCUT2D eigenvalue weighted by atomic mass is 10.0. The minimum atomic E-state index is -4.89. The summed E-state index contributed by atoms with van der Waals surface area (Å²) in [6.07, 6.45) is -4.89. The van der Waals surface area contributed by atoms with Gasteiger partial charge in [-0.3, -0.25) is 0 Å². The normalized spacial score (nSPS) is 11.5. The summed E-state index contributed by atoms with van der Waals surface area (Å²) < 4.78 is 70.2. The number of carbonyl (C=O) groups is 1. The first kappa shape index (κ1) is 17.6. The molecule has 0 atom stereocenters. The maximum Gasteiger partial charge on any atom is 0.419 e. The second-order valence-corrected chi connectivity index (χ2v) is 4.85. The molecule has 0 unspecified atom stereocenters. The molecule has 0 aliphatic carbocycles. The van der Waals surface area contributed by atoms with E-state index in [0.29, 0.717) is 12.1 Å². The molecule has 24 heavy (non-hydrogen) atoms. The highest BCUT2D eigenvalue weighted by molar-refractivity contribution is 5.91. The number of nitrogens with zero attached hydrogens (tertiary/aromatic N) is 1. The molecule has 0 fully saturated rings. The number of halogens is 5. The van der Waals surface area contributed by atoms with E-state index in [1.807, 2.05) is 0 Å². The zero-order valence-electron chi connectivity index (χ0n) is 12.5. The van der Waals surface area contributed by atoms with Crippen LogP contribution in [0.25, 0.3) is 11.3 Å². The first-order valence-electron chi connectivity index (χ1n) is 6.49. The molecule has 2 N–H and O–H groups in total. The van der Waals surface area contributed by atoms with Gasteiger partial charge < -0.3 is 10.5 Å². The summed E-state index contributed by atoms with van der Waals surface area (Å²) in [4.78, 5) is 15.4. The van der Waals surface area contributed by atoms with Gasteiger partial charge in [-0.2, -0.15) is 13.2 Å². The molecule has 1 aromatic heterocycles. The van der Waals surface area contributed by atoms with E-state index in [4.69, 9.17) is 5.73 Å². The van der Waals surface area contributed by atoms with Crippen LogP contribution >= 0.6 is 0 Å². The average Bonchev–Trinajstić information content (AvgIpc) is 2.51. The minimum Gasteiger partial charge on any atom is -0.464 e. The number of rotatable bonds is 2. The lowest BCUT2D eigenvalue weighted by Gasteiger charge is -2.13. The fraction of sp³-hybridized carbons (Fsp3) is 0.200. The predicted octanol–water partition coefficient (Wildman–Crippen LogP) is 3.72. The van der Waals surface area contributed by atoms with Gasteiger partial charge >= 0.3 is 12.1 Å². The Labute approximate surface area is 133 Å². The van der Waals surface area contributed by atoms with Gasteiger partial charge in [0.15, 0.2) is 11.5 Å². The zero-order valence-corrected chi connectivity index (χ0v) is 12.5. The third-order valence-electron chi connectivity index (χ3n) is 3.35. The molecule has 0 amide bonds. The molecule has 0 aliphatic rings. The number of aromatic nitrogens is 1. The molecule has 0 saturated carbocycles. The van der Waals surface area contributed by atoms with Crippen LogP contribution in [0.3, 0.4) is 0 Å². The van der Waals surface area contributed by atoms with Crippen LogP contribution in [0.15, 0.2) is 18.2 Å². The number of hydrogen-bond donors (Lipinski definition) is 1. The third-order valence-corrected chi connectivity index (χ3v) is 3.35. The number of nitrogens with two attached hydrogens (primary N) is 1. The molecule has 0 spiro atoms. The number of ether oxygens (including phenoxy) is 1. The van der Waals surface area contributed by atoms with E-state index in [2.05, 4.69) is 9.72 Å². The zero-order chi connectivity index (χ0) is 18.2. The van der Waals surface area contributed by atoms with Crippen LogP contribution in [-0.2, 0) is 10.9 Å². The maximum atomic E-state index is 14.3. The molecule has 128 valence electrons. The number of alkyl halides is 3. The van der Waals surface area contributed by atoms with Crippen molar-refractivity contribution in [3.63, 3.8) is 0 Å². The Morgan fingerprint density at radius 1 is 1.25 bits per heavy atom. The van der Waals surface area contributed by atoms with Gasteiger partial charge in [0.2, 0.25) is 0 Å². The molecule has 4 nitrogen and oxygen atoms in total. The van der Waals surface area contributed by atoms with Gasteiger partial charge in [-0.15, -0.1) is 0 Å². The van der Waals surface area contributed by atoms with Crippen molar-refractivity contribution in [3.05, 3.63) is 46.7 Å². The summed E-state index contributed by atoms with van der Waals surface area (Å²) in [7, 11) is 1.07. The highest BCUT2D eigenvalue weighted by Crippen LogP contribution is 2.35. The molecule has 0 radical (unpaired) electrons. The number of anilines is 1. The average molecular weight is 346 g/mol. The molecular formula is C15H11F5N2O2.